The smallest absolute Gasteiger partial charge is 0.0492 e. The van der Waals surface area contributed by atoms with Gasteiger partial charge in [-0.2, -0.15) is 5.10 Å². The van der Waals surface area contributed by atoms with Crippen LogP contribution in [0.2, 0.25) is 0 Å². The highest BCUT2D eigenvalue weighted by molar-refractivity contribution is 5.20. The Bertz CT molecular complexity index is 376. The van der Waals surface area contributed by atoms with Crippen molar-refractivity contribution in [3.05, 3.63) is 53.9 Å². The van der Waals surface area contributed by atoms with Crippen molar-refractivity contribution in [3.63, 3.8) is 0 Å². The van der Waals surface area contributed by atoms with Gasteiger partial charge in [0.1, 0.15) is 0 Å². The third kappa shape index (κ3) is 1.78. The average molecular weight is 172 g/mol. The SMILES string of the molecule is Cn1nccc1Cc1ccccc1. The van der Waals surface area contributed by atoms with Crippen molar-refractivity contribution < 1.29 is 0 Å². The Morgan fingerprint density at radius 3 is 2.54 bits per heavy atom. The molecule has 2 rings (SSSR count). The van der Waals surface area contributed by atoms with Gasteiger partial charge in [0.2, 0.25) is 0 Å². The maximum atomic E-state index is 4.13. The first-order valence-corrected chi connectivity index (χ1v) is 4.37. The first-order chi connectivity index (χ1) is 6.36. The molecule has 0 unspecified atom stereocenters. The standard InChI is InChI=1S/C11H12N2/c1-13-11(7-8-12-13)9-10-5-3-2-4-6-10/h2-8H,9H2,1H3. The van der Waals surface area contributed by atoms with Gasteiger partial charge in [-0.25, -0.2) is 0 Å². The molecule has 66 valence electrons. The molecule has 0 radical (unpaired) electrons. The van der Waals surface area contributed by atoms with E-state index in [1.807, 2.05) is 30.1 Å². The van der Waals surface area contributed by atoms with Crippen molar-refractivity contribution in [2.24, 2.45) is 7.05 Å². The van der Waals surface area contributed by atoms with Gasteiger partial charge in [0.25, 0.3) is 0 Å². The van der Waals surface area contributed by atoms with Crippen LogP contribution in [0.25, 0.3) is 0 Å². The minimum atomic E-state index is 0.956. The van der Waals surface area contributed by atoms with E-state index in [1.165, 1.54) is 11.3 Å². The zero-order valence-corrected chi connectivity index (χ0v) is 7.64. The maximum Gasteiger partial charge on any atom is 0.0492 e. The minimum absolute atomic E-state index is 0.956. The van der Waals surface area contributed by atoms with Crippen molar-refractivity contribution in [3.8, 4) is 0 Å². The number of rotatable bonds is 2. The minimum Gasteiger partial charge on any atom is -0.272 e. The van der Waals surface area contributed by atoms with Crippen LogP contribution in [0.4, 0.5) is 0 Å². The molecular weight excluding hydrogens is 160 g/mol. The average Bonchev–Trinajstić information content (AvgIpc) is 2.54. The quantitative estimate of drug-likeness (QED) is 0.677. The van der Waals surface area contributed by atoms with Crippen molar-refractivity contribution in [2.45, 2.75) is 6.42 Å². The van der Waals surface area contributed by atoms with Gasteiger partial charge >= 0.3 is 0 Å². The molecule has 0 fully saturated rings. The molecule has 0 bridgehead atoms. The Morgan fingerprint density at radius 1 is 1.15 bits per heavy atom. The van der Waals surface area contributed by atoms with Crippen LogP contribution in [0.5, 0.6) is 0 Å². The molecule has 1 aromatic carbocycles. The summed E-state index contributed by atoms with van der Waals surface area (Å²) in [4.78, 5) is 0. The molecule has 2 aromatic rings. The van der Waals surface area contributed by atoms with Crippen LogP contribution in [-0.2, 0) is 13.5 Å². The molecule has 0 saturated carbocycles. The summed E-state index contributed by atoms with van der Waals surface area (Å²) in [6, 6.07) is 12.5. The molecule has 0 saturated heterocycles. The van der Waals surface area contributed by atoms with Crippen LogP contribution in [0.15, 0.2) is 42.6 Å². The molecule has 1 heterocycles. The van der Waals surface area contributed by atoms with Gasteiger partial charge in [-0.3, -0.25) is 4.68 Å². The molecule has 0 spiro atoms. The summed E-state index contributed by atoms with van der Waals surface area (Å²) in [5.41, 5.74) is 2.57. The lowest BCUT2D eigenvalue weighted by molar-refractivity contribution is 0.724. The fourth-order valence-electron chi connectivity index (χ4n) is 1.38. The topological polar surface area (TPSA) is 17.8 Å². The van der Waals surface area contributed by atoms with Gasteiger partial charge < -0.3 is 0 Å². The molecule has 2 nitrogen and oxygen atoms in total. The highest BCUT2D eigenvalue weighted by Gasteiger charge is 1.98. The third-order valence-electron chi connectivity index (χ3n) is 2.15. The third-order valence-corrected chi connectivity index (χ3v) is 2.15. The summed E-state index contributed by atoms with van der Waals surface area (Å²) < 4.78 is 1.91. The van der Waals surface area contributed by atoms with Crippen LogP contribution in [0.3, 0.4) is 0 Å². The van der Waals surface area contributed by atoms with E-state index in [2.05, 4.69) is 29.4 Å². The van der Waals surface area contributed by atoms with Gasteiger partial charge in [0, 0.05) is 25.4 Å². The van der Waals surface area contributed by atoms with Crippen LogP contribution >= 0.6 is 0 Å². The summed E-state index contributed by atoms with van der Waals surface area (Å²) in [5.74, 6) is 0. The molecule has 2 heteroatoms. The number of hydrogen-bond acceptors (Lipinski definition) is 1. The molecule has 13 heavy (non-hydrogen) atoms. The van der Waals surface area contributed by atoms with E-state index in [4.69, 9.17) is 0 Å². The lowest BCUT2D eigenvalue weighted by Crippen LogP contribution is -1.98. The van der Waals surface area contributed by atoms with E-state index < -0.39 is 0 Å². The van der Waals surface area contributed by atoms with Gasteiger partial charge in [-0.1, -0.05) is 30.3 Å². The van der Waals surface area contributed by atoms with E-state index in [0.29, 0.717) is 0 Å². The second kappa shape index (κ2) is 3.44. The number of benzene rings is 1. The molecule has 0 aliphatic rings. The molecule has 0 N–H and O–H groups in total. The summed E-state index contributed by atoms with van der Waals surface area (Å²) in [7, 11) is 1.97. The largest absolute Gasteiger partial charge is 0.272 e. The second-order valence-electron chi connectivity index (χ2n) is 3.11. The van der Waals surface area contributed by atoms with Crippen molar-refractivity contribution >= 4 is 0 Å². The van der Waals surface area contributed by atoms with Gasteiger partial charge in [-0.15, -0.1) is 0 Å². The van der Waals surface area contributed by atoms with Gasteiger partial charge in [0.15, 0.2) is 0 Å². The molecule has 0 atom stereocenters. The summed E-state index contributed by atoms with van der Waals surface area (Å²) in [6.07, 6.45) is 2.79. The molecule has 0 aliphatic carbocycles. The van der Waals surface area contributed by atoms with E-state index in [-0.39, 0.29) is 0 Å². The fraction of sp³-hybridized carbons (Fsp3) is 0.182. The molecule has 1 aromatic heterocycles. The zero-order chi connectivity index (χ0) is 9.10. The first-order valence-electron chi connectivity index (χ1n) is 4.37. The predicted molar refractivity (Wildman–Crippen MR) is 52.5 cm³/mol. The van der Waals surface area contributed by atoms with Crippen LogP contribution in [-0.4, -0.2) is 9.78 Å². The van der Waals surface area contributed by atoms with Crippen LogP contribution in [0, 0.1) is 0 Å². The normalized spacial score (nSPS) is 10.2. The number of hydrogen-bond donors (Lipinski definition) is 0. The second-order valence-corrected chi connectivity index (χ2v) is 3.11. The van der Waals surface area contributed by atoms with Gasteiger partial charge in [-0.05, 0) is 11.6 Å². The Balaban J connectivity index is 2.20. The fourth-order valence-corrected chi connectivity index (χ4v) is 1.38. The Morgan fingerprint density at radius 2 is 1.92 bits per heavy atom. The Hall–Kier alpha value is -1.57. The molecule has 0 aliphatic heterocycles. The van der Waals surface area contributed by atoms with Gasteiger partial charge in [0.05, 0.1) is 0 Å². The van der Waals surface area contributed by atoms with E-state index in [9.17, 15) is 0 Å². The highest BCUT2D eigenvalue weighted by Crippen LogP contribution is 2.07. The lowest BCUT2D eigenvalue weighted by atomic mass is 10.1. The molecule has 0 amide bonds. The number of aryl methyl sites for hydroxylation is 1. The monoisotopic (exact) mass is 172 g/mol. The summed E-state index contributed by atoms with van der Waals surface area (Å²) in [5, 5.41) is 4.13. The highest BCUT2D eigenvalue weighted by atomic mass is 15.2. The summed E-state index contributed by atoms with van der Waals surface area (Å²) in [6.45, 7) is 0. The van der Waals surface area contributed by atoms with Crippen molar-refractivity contribution in [1.82, 2.24) is 9.78 Å². The number of nitrogens with zero attached hydrogens (tertiary/aromatic N) is 2. The maximum absolute atomic E-state index is 4.13. The molecular formula is C11H12N2. The first kappa shape index (κ1) is 8.05. The summed E-state index contributed by atoms with van der Waals surface area (Å²) >= 11 is 0. The van der Waals surface area contributed by atoms with E-state index in [1.54, 1.807) is 0 Å². The van der Waals surface area contributed by atoms with E-state index >= 15 is 0 Å². The van der Waals surface area contributed by atoms with Crippen molar-refractivity contribution in [2.75, 3.05) is 0 Å². The van der Waals surface area contributed by atoms with Crippen LogP contribution in [0.1, 0.15) is 11.3 Å². The Kier molecular flexibility index (Phi) is 2.13. The predicted octanol–water partition coefficient (Wildman–Crippen LogP) is 2.01. The van der Waals surface area contributed by atoms with Crippen LogP contribution < -0.4 is 0 Å². The Labute approximate surface area is 77.8 Å². The van der Waals surface area contributed by atoms with E-state index in [0.717, 1.165) is 6.42 Å². The van der Waals surface area contributed by atoms with Crippen molar-refractivity contribution in [1.29, 1.82) is 0 Å². The lowest BCUT2D eigenvalue weighted by Gasteiger charge is -2.01. The zero-order valence-electron chi connectivity index (χ0n) is 7.64. The number of aromatic nitrogens is 2.